The van der Waals surface area contributed by atoms with Crippen molar-refractivity contribution in [1.82, 2.24) is 10.2 Å². The molecule has 2 N–H and O–H groups in total. The Hall–Kier alpha value is -1.06. The Labute approximate surface area is 123 Å². The summed E-state index contributed by atoms with van der Waals surface area (Å²) in [5.41, 5.74) is 1.16. The molecule has 1 aromatic carbocycles. The highest BCUT2D eigenvalue weighted by atomic mass is 16.3. The molecule has 0 amide bonds. The fourth-order valence-electron chi connectivity index (χ4n) is 3.04. The number of rotatable bonds is 5. The van der Waals surface area contributed by atoms with Crippen LogP contribution in [0, 0.1) is 5.92 Å². The van der Waals surface area contributed by atoms with Crippen molar-refractivity contribution in [2.24, 2.45) is 5.92 Å². The molecule has 1 heterocycles. The summed E-state index contributed by atoms with van der Waals surface area (Å²) in [7, 11) is 0. The molecule has 0 saturated carbocycles. The number of hydrogen-bond donors (Lipinski definition) is 2. The zero-order valence-corrected chi connectivity index (χ0v) is 13.0. The number of hydrogen-bond acceptors (Lipinski definition) is 3. The van der Waals surface area contributed by atoms with Gasteiger partial charge in [0.05, 0.1) is 0 Å². The van der Waals surface area contributed by atoms with Gasteiger partial charge in [0.25, 0.3) is 0 Å². The third-order valence-corrected chi connectivity index (χ3v) is 4.07. The Morgan fingerprint density at radius 3 is 2.55 bits per heavy atom. The summed E-state index contributed by atoms with van der Waals surface area (Å²) >= 11 is 0. The van der Waals surface area contributed by atoms with E-state index in [0.717, 1.165) is 11.5 Å². The monoisotopic (exact) mass is 276 g/mol. The smallest absolute Gasteiger partial charge is 0.115 e. The van der Waals surface area contributed by atoms with Crippen LogP contribution >= 0.6 is 0 Å². The number of piperidine rings is 1. The third-order valence-electron chi connectivity index (χ3n) is 4.07. The van der Waals surface area contributed by atoms with Gasteiger partial charge < -0.3 is 15.3 Å². The first-order chi connectivity index (χ1) is 9.54. The molecule has 1 saturated heterocycles. The van der Waals surface area contributed by atoms with Crippen LogP contribution in [-0.2, 0) is 0 Å². The van der Waals surface area contributed by atoms with Crippen LogP contribution in [0.15, 0.2) is 24.3 Å². The van der Waals surface area contributed by atoms with E-state index in [2.05, 4.69) is 37.1 Å². The van der Waals surface area contributed by atoms with Crippen molar-refractivity contribution in [1.29, 1.82) is 0 Å². The van der Waals surface area contributed by atoms with E-state index < -0.39 is 0 Å². The maximum atomic E-state index is 9.55. The lowest BCUT2D eigenvalue weighted by Gasteiger charge is -2.34. The quantitative estimate of drug-likeness (QED) is 0.867. The summed E-state index contributed by atoms with van der Waals surface area (Å²) in [5.74, 6) is 1.11. The number of aromatic hydroxyl groups is 1. The number of phenols is 1. The van der Waals surface area contributed by atoms with E-state index in [0.29, 0.717) is 17.8 Å². The van der Waals surface area contributed by atoms with Crippen LogP contribution in [-0.4, -0.2) is 35.7 Å². The first-order valence-electron chi connectivity index (χ1n) is 7.82. The molecule has 1 aliphatic heterocycles. The molecular formula is C17H28N2O. The Kier molecular flexibility index (Phi) is 5.44. The SMILES string of the molecule is CC(C)CN1CCC(NC(C)c2cccc(O)c2)CC1. The van der Waals surface area contributed by atoms with Crippen LogP contribution < -0.4 is 5.32 Å². The molecule has 1 fully saturated rings. The maximum Gasteiger partial charge on any atom is 0.115 e. The second-order valence-electron chi connectivity index (χ2n) is 6.45. The van der Waals surface area contributed by atoms with Crippen LogP contribution in [0.2, 0.25) is 0 Å². The lowest BCUT2D eigenvalue weighted by molar-refractivity contribution is 0.175. The van der Waals surface area contributed by atoms with Crippen LogP contribution in [0.5, 0.6) is 5.75 Å². The summed E-state index contributed by atoms with van der Waals surface area (Å²) < 4.78 is 0. The minimum atomic E-state index is 0.295. The van der Waals surface area contributed by atoms with Gasteiger partial charge in [-0.1, -0.05) is 26.0 Å². The maximum absolute atomic E-state index is 9.55. The summed E-state index contributed by atoms with van der Waals surface area (Å²) in [6, 6.07) is 8.45. The van der Waals surface area contributed by atoms with E-state index in [-0.39, 0.29) is 0 Å². The Balaban J connectivity index is 1.80. The minimum absolute atomic E-state index is 0.295. The average Bonchev–Trinajstić information content (AvgIpc) is 2.40. The Morgan fingerprint density at radius 2 is 1.95 bits per heavy atom. The fraction of sp³-hybridized carbons (Fsp3) is 0.647. The van der Waals surface area contributed by atoms with Crippen molar-refractivity contribution in [3.63, 3.8) is 0 Å². The number of likely N-dealkylation sites (tertiary alicyclic amines) is 1. The van der Waals surface area contributed by atoms with Gasteiger partial charge in [0.1, 0.15) is 5.75 Å². The van der Waals surface area contributed by atoms with Crippen LogP contribution in [0.25, 0.3) is 0 Å². The molecule has 112 valence electrons. The standard InChI is InChI=1S/C17H28N2O/c1-13(2)12-19-9-7-16(8-10-19)18-14(3)15-5-4-6-17(20)11-15/h4-6,11,13-14,16,18,20H,7-10,12H2,1-3H3. The van der Waals surface area contributed by atoms with Crippen LogP contribution in [0.1, 0.15) is 45.2 Å². The van der Waals surface area contributed by atoms with Gasteiger partial charge in [-0.15, -0.1) is 0 Å². The van der Waals surface area contributed by atoms with Gasteiger partial charge >= 0.3 is 0 Å². The fourth-order valence-corrected chi connectivity index (χ4v) is 3.04. The second kappa shape index (κ2) is 7.09. The van der Waals surface area contributed by atoms with Crippen LogP contribution in [0.3, 0.4) is 0 Å². The predicted molar refractivity (Wildman–Crippen MR) is 84.0 cm³/mol. The van der Waals surface area contributed by atoms with E-state index in [1.165, 1.54) is 32.5 Å². The zero-order chi connectivity index (χ0) is 14.5. The first-order valence-corrected chi connectivity index (χ1v) is 7.82. The van der Waals surface area contributed by atoms with Gasteiger partial charge in [0.2, 0.25) is 0 Å². The first kappa shape index (κ1) is 15.3. The molecule has 0 bridgehead atoms. The highest BCUT2D eigenvalue weighted by Gasteiger charge is 2.21. The van der Waals surface area contributed by atoms with Gasteiger partial charge in [0, 0.05) is 18.6 Å². The van der Waals surface area contributed by atoms with Crippen molar-refractivity contribution in [3.05, 3.63) is 29.8 Å². The zero-order valence-electron chi connectivity index (χ0n) is 13.0. The molecule has 1 unspecified atom stereocenters. The second-order valence-corrected chi connectivity index (χ2v) is 6.45. The number of nitrogens with zero attached hydrogens (tertiary/aromatic N) is 1. The molecule has 20 heavy (non-hydrogen) atoms. The van der Waals surface area contributed by atoms with E-state index in [1.54, 1.807) is 6.07 Å². The van der Waals surface area contributed by atoms with Crippen LogP contribution in [0.4, 0.5) is 0 Å². The molecule has 1 aliphatic rings. The van der Waals surface area contributed by atoms with E-state index in [1.807, 2.05) is 12.1 Å². The molecule has 3 nitrogen and oxygen atoms in total. The molecule has 1 atom stereocenters. The Bertz CT molecular complexity index is 411. The van der Waals surface area contributed by atoms with Crippen molar-refractivity contribution in [2.45, 2.75) is 45.7 Å². The van der Waals surface area contributed by atoms with Crippen molar-refractivity contribution in [3.8, 4) is 5.75 Å². The van der Waals surface area contributed by atoms with Crippen molar-refractivity contribution < 1.29 is 5.11 Å². The number of benzene rings is 1. The largest absolute Gasteiger partial charge is 0.508 e. The lowest BCUT2D eigenvalue weighted by atomic mass is 10.0. The van der Waals surface area contributed by atoms with Gasteiger partial charge in [-0.25, -0.2) is 0 Å². The van der Waals surface area contributed by atoms with Crippen molar-refractivity contribution >= 4 is 0 Å². The molecular weight excluding hydrogens is 248 g/mol. The molecule has 0 radical (unpaired) electrons. The molecule has 0 aromatic heterocycles. The van der Waals surface area contributed by atoms with Gasteiger partial charge in [-0.3, -0.25) is 0 Å². The molecule has 0 aliphatic carbocycles. The van der Waals surface area contributed by atoms with E-state index in [9.17, 15) is 5.11 Å². The summed E-state index contributed by atoms with van der Waals surface area (Å²) in [6.45, 7) is 10.4. The summed E-state index contributed by atoms with van der Waals surface area (Å²) in [5, 5.41) is 13.3. The third kappa shape index (κ3) is 4.50. The minimum Gasteiger partial charge on any atom is -0.508 e. The summed E-state index contributed by atoms with van der Waals surface area (Å²) in [6.07, 6.45) is 2.44. The van der Waals surface area contributed by atoms with Gasteiger partial charge in [-0.05, 0) is 56.5 Å². The summed E-state index contributed by atoms with van der Waals surface area (Å²) in [4.78, 5) is 2.57. The molecule has 1 aromatic rings. The van der Waals surface area contributed by atoms with E-state index >= 15 is 0 Å². The molecule has 3 heteroatoms. The Morgan fingerprint density at radius 1 is 1.25 bits per heavy atom. The van der Waals surface area contributed by atoms with Gasteiger partial charge in [-0.2, -0.15) is 0 Å². The molecule has 2 rings (SSSR count). The average molecular weight is 276 g/mol. The normalized spacial score (nSPS) is 19.4. The highest BCUT2D eigenvalue weighted by molar-refractivity contribution is 5.29. The topological polar surface area (TPSA) is 35.5 Å². The van der Waals surface area contributed by atoms with Crippen molar-refractivity contribution in [2.75, 3.05) is 19.6 Å². The lowest BCUT2D eigenvalue weighted by Crippen LogP contribution is -2.44. The molecule has 0 spiro atoms. The highest BCUT2D eigenvalue weighted by Crippen LogP contribution is 2.20. The van der Waals surface area contributed by atoms with Gasteiger partial charge in [0.15, 0.2) is 0 Å². The van der Waals surface area contributed by atoms with E-state index in [4.69, 9.17) is 0 Å². The number of nitrogens with one attached hydrogen (secondary N) is 1. The predicted octanol–water partition coefficient (Wildman–Crippen LogP) is 3.16. The number of phenolic OH excluding ortho intramolecular Hbond substituents is 1.